The predicted octanol–water partition coefficient (Wildman–Crippen LogP) is 1.33. The van der Waals surface area contributed by atoms with Crippen molar-refractivity contribution in [3.05, 3.63) is 0 Å². The second-order valence-corrected chi connectivity index (χ2v) is 3.45. The Hall–Kier alpha value is -0.280. The van der Waals surface area contributed by atoms with Gasteiger partial charge in [-0.15, -0.1) is 11.6 Å². The van der Waals surface area contributed by atoms with Gasteiger partial charge in [-0.05, 0) is 12.8 Å². The van der Waals surface area contributed by atoms with Crippen LogP contribution in [0.5, 0.6) is 0 Å². The standard InChI is InChI=1S/C8H13ClO3/c1-5(10)12-7-4-3-6(11-2)8(7)9/h6-8H,3-4H2,1-2H3/t6-,7+,8+/m0/s1. The van der Waals surface area contributed by atoms with E-state index < -0.39 is 0 Å². The van der Waals surface area contributed by atoms with Gasteiger partial charge in [-0.3, -0.25) is 4.79 Å². The van der Waals surface area contributed by atoms with Crippen LogP contribution in [0.3, 0.4) is 0 Å². The fourth-order valence-corrected chi connectivity index (χ4v) is 1.88. The molecule has 1 saturated carbocycles. The molecule has 0 aromatic rings. The maximum atomic E-state index is 10.6. The van der Waals surface area contributed by atoms with Crippen LogP contribution in [-0.4, -0.2) is 30.7 Å². The molecule has 0 heterocycles. The molecule has 0 aromatic carbocycles. The van der Waals surface area contributed by atoms with Gasteiger partial charge in [-0.1, -0.05) is 0 Å². The Morgan fingerprint density at radius 1 is 1.42 bits per heavy atom. The Bertz CT molecular complexity index is 172. The van der Waals surface area contributed by atoms with Crippen LogP contribution in [0.2, 0.25) is 0 Å². The zero-order valence-electron chi connectivity index (χ0n) is 7.25. The number of hydrogen-bond donors (Lipinski definition) is 0. The molecule has 0 N–H and O–H groups in total. The highest BCUT2D eigenvalue weighted by molar-refractivity contribution is 6.21. The number of methoxy groups -OCH3 is 1. The molecule has 12 heavy (non-hydrogen) atoms. The van der Waals surface area contributed by atoms with E-state index in [4.69, 9.17) is 21.1 Å². The minimum atomic E-state index is -0.276. The van der Waals surface area contributed by atoms with Crippen LogP contribution in [0.15, 0.2) is 0 Å². The van der Waals surface area contributed by atoms with E-state index in [1.165, 1.54) is 6.92 Å². The number of ether oxygens (including phenoxy) is 2. The van der Waals surface area contributed by atoms with Crippen molar-refractivity contribution in [3.63, 3.8) is 0 Å². The minimum absolute atomic E-state index is 0.0241. The highest BCUT2D eigenvalue weighted by Gasteiger charge is 2.36. The number of rotatable bonds is 2. The number of esters is 1. The molecule has 3 nitrogen and oxygen atoms in total. The molecule has 70 valence electrons. The Morgan fingerprint density at radius 3 is 2.42 bits per heavy atom. The van der Waals surface area contributed by atoms with Crippen molar-refractivity contribution in [1.82, 2.24) is 0 Å². The third-order valence-electron chi connectivity index (χ3n) is 2.07. The molecule has 0 amide bonds. The van der Waals surface area contributed by atoms with E-state index in [1.54, 1.807) is 7.11 Å². The zero-order chi connectivity index (χ0) is 9.14. The molecule has 1 aliphatic carbocycles. The van der Waals surface area contributed by atoms with Crippen molar-refractivity contribution in [1.29, 1.82) is 0 Å². The van der Waals surface area contributed by atoms with Gasteiger partial charge in [0.1, 0.15) is 6.10 Å². The van der Waals surface area contributed by atoms with Crippen LogP contribution in [0.25, 0.3) is 0 Å². The summed E-state index contributed by atoms with van der Waals surface area (Å²) in [5.74, 6) is -0.276. The third kappa shape index (κ3) is 2.11. The average molecular weight is 193 g/mol. The van der Waals surface area contributed by atoms with Crippen molar-refractivity contribution in [2.24, 2.45) is 0 Å². The number of halogens is 1. The van der Waals surface area contributed by atoms with E-state index in [-0.39, 0.29) is 23.6 Å². The van der Waals surface area contributed by atoms with Gasteiger partial charge in [-0.2, -0.15) is 0 Å². The van der Waals surface area contributed by atoms with Gasteiger partial charge in [0.15, 0.2) is 0 Å². The predicted molar refractivity (Wildman–Crippen MR) is 45.2 cm³/mol. The van der Waals surface area contributed by atoms with Crippen LogP contribution in [0.1, 0.15) is 19.8 Å². The van der Waals surface area contributed by atoms with Crippen molar-refractivity contribution < 1.29 is 14.3 Å². The summed E-state index contributed by atoms with van der Waals surface area (Å²) in [7, 11) is 1.62. The van der Waals surface area contributed by atoms with Gasteiger partial charge < -0.3 is 9.47 Å². The number of alkyl halides is 1. The van der Waals surface area contributed by atoms with Crippen molar-refractivity contribution in [2.75, 3.05) is 7.11 Å². The number of carbonyl (C=O) groups is 1. The van der Waals surface area contributed by atoms with Gasteiger partial charge in [0.05, 0.1) is 11.5 Å². The van der Waals surface area contributed by atoms with Crippen molar-refractivity contribution >= 4 is 17.6 Å². The largest absolute Gasteiger partial charge is 0.461 e. The summed E-state index contributed by atoms with van der Waals surface area (Å²) in [4.78, 5) is 10.6. The van der Waals surface area contributed by atoms with E-state index in [9.17, 15) is 4.79 Å². The molecule has 1 fully saturated rings. The van der Waals surface area contributed by atoms with Crippen molar-refractivity contribution in [3.8, 4) is 0 Å². The topological polar surface area (TPSA) is 35.5 Å². The number of carbonyl (C=O) groups excluding carboxylic acids is 1. The van der Waals surface area contributed by atoms with Crippen LogP contribution in [-0.2, 0) is 14.3 Å². The van der Waals surface area contributed by atoms with E-state index in [1.807, 2.05) is 0 Å². The maximum Gasteiger partial charge on any atom is 0.302 e. The summed E-state index contributed by atoms with van der Waals surface area (Å²) in [6.07, 6.45) is 1.51. The summed E-state index contributed by atoms with van der Waals surface area (Å²) < 4.78 is 10.1. The fraction of sp³-hybridized carbons (Fsp3) is 0.875. The normalized spacial score (nSPS) is 35.1. The van der Waals surface area contributed by atoms with Crippen LogP contribution < -0.4 is 0 Å². The van der Waals surface area contributed by atoms with Gasteiger partial charge in [0, 0.05) is 14.0 Å². The molecule has 0 aromatic heterocycles. The Labute approximate surface area is 77.0 Å². The Morgan fingerprint density at radius 2 is 2.00 bits per heavy atom. The summed E-state index contributed by atoms with van der Waals surface area (Å²) in [5, 5.41) is -0.195. The van der Waals surface area contributed by atoms with E-state index >= 15 is 0 Å². The first-order chi connectivity index (χ1) is 5.65. The van der Waals surface area contributed by atoms with E-state index in [0.29, 0.717) is 0 Å². The molecule has 0 unspecified atom stereocenters. The summed E-state index contributed by atoms with van der Waals surface area (Å²) in [5.41, 5.74) is 0. The smallest absolute Gasteiger partial charge is 0.302 e. The molecule has 0 saturated heterocycles. The molecule has 3 atom stereocenters. The molecule has 0 bridgehead atoms. The van der Waals surface area contributed by atoms with Crippen LogP contribution in [0.4, 0.5) is 0 Å². The summed E-state index contributed by atoms with van der Waals surface area (Å²) >= 11 is 5.99. The maximum absolute atomic E-state index is 10.6. The monoisotopic (exact) mass is 192 g/mol. The zero-order valence-corrected chi connectivity index (χ0v) is 8.00. The lowest BCUT2D eigenvalue weighted by Crippen LogP contribution is -2.28. The van der Waals surface area contributed by atoms with Gasteiger partial charge in [0.25, 0.3) is 0 Å². The quantitative estimate of drug-likeness (QED) is 0.489. The lowest BCUT2D eigenvalue weighted by Gasteiger charge is -2.16. The second-order valence-electron chi connectivity index (χ2n) is 2.94. The molecule has 1 rings (SSSR count). The Balaban J connectivity index is 2.43. The fourth-order valence-electron chi connectivity index (χ4n) is 1.47. The lowest BCUT2D eigenvalue weighted by atomic mass is 10.3. The first kappa shape index (κ1) is 9.81. The summed E-state index contributed by atoms with van der Waals surface area (Å²) in [6, 6.07) is 0. The molecule has 0 aliphatic heterocycles. The molecule has 0 spiro atoms. The van der Waals surface area contributed by atoms with E-state index in [0.717, 1.165) is 12.8 Å². The minimum Gasteiger partial charge on any atom is -0.461 e. The van der Waals surface area contributed by atoms with Crippen LogP contribution in [0, 0.1) is 0 Å². The SMILES string of the molecule is CO[C@H]1CC[C@@H](OC(C)=O)[C@@H]1Cl. The van der Waals surface area contributed by atoms with Crippen LogP contribution >= 0.6 is 11.6 Å². The molecular weight excluding hydrogens is 180 g/mol. The third-order valence-corrected chi connectivity index (χ3v) is 2.63. The van der Waals surface area contributed by atoms with Crippen molar-refractivity contribution in [2.45, 2.75) is 37.4 Å². The Kier molecular flexibility index (Phi) is 3.35. The first-order valence-corrected chi connectivity index (χ1v) is 4.43. The van der Waals surface area contributed by atoms with Gasteiger partial charge >= 0.3 is 5.97 Å². The molecular formula is C8H13ClO3. The highest BCUT2D eigenvalue weighted by atomic mass is 35.5. The molecule has 0 radical (unpaired) electrons. The van der Waals surface area contributed by atoms with Gasteiger partial charge in [0.2, 0.25) is 0 Å². The average Bonchev–Trinajstić information content (AvgIpc) is 2.32. The summed E-state index contributed by atoms with van der Waals surface area (Å²) in [6.45, 7) is 1.39. The highest BCUT2D eigenvalue weighted by Crippen LogP contribution is 2.29. The van der Waals surface area contributed by atoms with E-state index in [2.05, 4.69) is 0 Å². The lowest BCUT2D eigenvalue weighted by molar-refractivity contribution is -0.146. The van der Waals surface area contributed by atoms with Gasteiger partial charge in [-0.25, -0.2) is 0 Å². The second kappa shape index (κ2) is 4.10. The number of hydrogen-bond acceptors (Lipinski definition) is 3. The molecule has 4 heteroatoms. The first-order valence-electron chi connectivity index (χ1n) is 3.99. The molecule has 1 aliphatic rings.